The van der Waals surface area contributed by atoms with Crippen molar-refractivity contribution < 1.29 is 4.74 Å². The average Bonchev–Trinajstić information content (AvgIpc) is 2.93. The molecule has 98 valence electrons. The zero-order valence-electron chi connectivity index (χ0n) is 11.1. The van der Waals surface area contributed by atoms with Crippen LogP contribution >= 0.6 is 0 Å². The Bertz CT molecular complexity index is 560. The molecule has 0 amide bonds. The van der Waals surface area contributed by atoms with Crippen LogP contribution in [-0.2, 0) is 26.0 Å². The Morgan fingerprint density at radius 2 is 1.63 bits per heavy atom. The molecule has 0 aromatic heterocycles. The zero-order valence-corrected chi connectivity index (χ0v) is 11.1. The first kappa shape index (κ1) is 12.2. The molecule has 0 aliphatic heterocycles. The maximum atomic E-state index is 5.81. The van der Waals surface area contributed by atoms with Gasteiger partial charge in [-0.15, -0.1) is 0 Å². The summed E-state index contributed by atoms with van der Waals surface area (Å²) in [5.41, 5.74) is 11.0. The lowest BCUT2D eigenvalue weighted by molar-refractivity contribution is 0.306. The first-order valence-corrected chi connectivity index (χ1v) is 6.87. The average molecular weight is 253 g/mol. The Morgan fingerprint density at radius 1 is 0.895 bits per heavy atom. The molecular formula is C17H19NO. The van der Waals surface area contributed by atoms with Gasteiger partial charge in [0.15, 0.2) is 0 Å². The number of aryl methyl sites for hydroxylation is 2. The number of benzene rings is 2. The minimum absolute atomic E-state index is 0.575. The third-order valence-electron chi connectivity index (χ3n) is 3.73. The van der Waals surface area contributed by atoms with Crippen LogP contribution in [0.5, 0.6) is 5.75 Å². The Hall–Kier alpha value is -1.80. The minimum Gasteiger partial charge on any atom is -0.489 e. The summed E-state index contributed by atoms with van der Waals surface area (Å²) in [6.45, 7) is 1.21. The lowest BCUT2D eigenvalue weighted by Crippen LogP contribution is -1.98. The van der Waals surface area contributed by atoms with E-state index in [-0.39, 0.29) is 0 Å². The van der Waals surface area contributed by atoms with Crippen LogP contribution in [0, 0.1) is 0 Å². The van der Waals surface area contributed by atoms with Crippen LogP contribution in [0.15, 0.2) is 42.5 Å². The summed E-state index contributed by atoms with van der Waals surface area (Å²) >= 11 is 0. The Balaban J connectivity index is 1.65. The number of hydrogen-bond acceptors (Lipinski definition) is 2. The predicted molar refractivity (Wildman–Crippen MR) is 77.1 cm³/mol. The molecule has 2 N–H and O–H groups in total. The lowest BCUT2D eigenvalue weighted by atomic mass is 10.1. The van der Waals surface area contributed by atoms with Crippen molar-refractivity contribution in [2.75, 3.05) is 0 Å². The number of ether oxygens (including phenoxy) is 1. The van der Waals surface area contributed by atoms with Gasteiger partial charge >= 0.3 is 0 Å². The first-order valence-electron chi connectivity index (χ1n) is 6.87. The van der Waals surface area contributed by atoms with Gasteiger partial charge in [0.25, 0.3) is 0 Å². The van der Waals surface area contributed by atoms with E-state index in [0.29, 0.717) is 13.2 Å². The second-order valence-corrected chi connectivity index (χ2v) is 5.09. The molecule has 0 atom stereocenters. The van der Waals surface area contributed by atoms with E-state index in [4.69, 9.17) is 10.5 Å². The highest BCUT2D eigenvalue weighted by Gasteiger charge is 2.10. The molecule has 2 aromatic rings. The lowest BCUT2D eigenvalue weighted by Gasteiger charge is -2.08. The van der Waals surface area contributed by atoms with Gasteiger partial charge in [-0.2, -0.15) is 0 Å². The van der Waals surface area contributed by atoms with E-state index in [0.717, 1.165) is 11.3 Å². The summed E-state index contributed by atoms with van der Waals surface area (Å²) in [5, 5.41) is 0. The van der Waals surface area contributed by atoms with Gasteiger partial charge in [-0.05, 0) is 53.6 Å². The number of rotatable bonds is 4. The molecule has 0 saturated carbocycles. The molecule has 0 spiro atoms. The van der Waals surface area contributed by atoms with Crippen molar-refractivity contribution in [2.45, 2.75) is 32.4 Å². The van der Waals surface area contributed by atoms with Gasteiger partial charge in [-0.25, -0.2) is 0 Å². The fourth-order valence-electron chi connectivity index (χ4n) is 2.60. The summed E-state index contributed by atoms with van der Waals surface area (Å²) < 4.78 is 5.81. The van der Waals surface area contributed by atoms with E-state index < -0.39 is 0 Å². The van der Waals surface area contributed by atoms with Crippen LogP contribution in [-0.4, -0.2) is 0 Å². The molecule has 0 bridgehead atoms. The highest BCUT2D eigenvalue weighted by atomic mass is 16.5. The normalized spacial score (nSPS) is 13.3. The maximum absolute atomic E-state index is 5.81. The van der Waals surface area contributed by atoms with Gasteiger partial charge in [0.05, 0.1) is 0 Å². The minimum atomic E-state index is 0.575. The van der Waals surface area contributed by atoms with Crippen LogP contribution in [0.3, 0.4) is 0 Å². The maximum Gasteiger partial charge on any atom is 0.119 e. The van der Waals surface area contributed by atoms with Crippen molar-refractivity contribution in [3.05, 3.63) is 64.7 Å². The molecule has 3 rings (SSSR count). The zero-order chi connectivity index (χ0) is 13.1. The van der Waals surface area contributed by atoms with Crippen LogP contribution in [0.4, 0.5) is 0 Å². The van der Waals surface area contributed by atoms with Gasteiger partial charge in [-0.3, -0.25) is 0 Å². The standard InChI is InChI=1S/C17H19NO/c18-11-13-5-8-17(9-6-13)19-12-14-4-7-15-2-1-3-16(15)10-14/h4-10H,1-3,11-12,18H2. The molecule has 0 saturated heterocycles. The largest absolute Gasteiger partial charge is 0.489 e. The van der Waals surface area contributed by atoms with Crippen molar-refractivity contribution >= 4 is 0 Å². The van der Waals surface area contributed by atoms with E-state index in [1.165, 1.54) is 36.0 Å². The molecule has 0 radical (unpaired) electrons. The second-order valence-electron chi connectivity index (χ2n) is 5.09. The van der Waals surface area contributed by atoms with Gasteiger partial charge in [0, 0.05) is 6.54 Å². The quantitative estimate of drug-likeness (QED) is 0.908. The van der Waals surface area contributed by atoms with Crippen molar-refractivity contribution in [1.82, 2.24) is 0 Å². The van der Waals surface area contributed by atoms with Crippen LogP contribution in [0.1, 0.15) is 28.7 Å². The Morgan fingerprint density at radius 3 is 2.42 bits per heavy atom. The number of hydrogen-bond donors (Lipinski definition) is 1. The molecule has 1 aliphatic carbocycles. The molecule has 0 fully saturated rings. The highest BCUT2D eigenvalue weighted by Crippen LogP contribution is 2.23. The number of fused-ring (bicyclic) bond motifs is 1. The summed E-state index contributed by atoms with van der Waals surface area (Å²) in [7, 11) is 0. The van der Waals surface area contributed by atoms with Crippen LogP contribution in [0.2, 0.25) is 0 Å². The summed E-state index contributed by atoms with van der Waals surface area (Å²) in [6, 6.07) is 14.7. The third kappa shape index (κ3) is 2.79. The Kier molecular flexibility index (Phi) is 3.51. The van der Waals surface area contributed by atoms with Crippen molar-refractivity contribution in [1.29, 1.82) is 0 Å². The SMILES string of the molecule is NCc1ccc(OCc2ccc3c(c2)CCC3)cc1. The van der Waals surface area contributed by atoms with E-state index in [1.807, 2.05) is 24.3 Å². The molecule has 1 aliphatic rings. The van der Waals surface area contributed by atoms with Gasteiger partial charge in [-0.1, -0.05) is 30.3 Å². The first-order chi connectivity index (χ1) is 9.35. The van der Waals surface area contributed by atoms with Crippen molar-refractivity contribution in [3.8, 4) is 5.75 Å². The molecule has 19 heavy (non-hydrogen) atoms. The van der Waals surface area contributed by atoms with E-state index in [1.54, 1.807) is 0 Å². The van der Waals surface area contributed by atoms with Crippen LogP contribution in [0.25, 0.3) is 0 Å². The van der Waals surface area contributed by atoms with E-state index in [2.05, 4.69) is 18.2 Å². The molecule has 2 aromatic carbocycles. The topological polar surface area (TPSA) is 35.2 Å². The van der Waals surface area contributed by atoms with E-state index >= 15 is 0 Å². The molecule has 0 heterocycles. The second kappa shape index (κ2) is 5.45. The van der Waals surface area contributed by atoms with Crippen molar-refractivity contribution in [3.63, 3.8) is 0 Å². The summed E-state index contributed by atoms with van der Waals surface area (Å²) in [6.07, 6.45) is 3.74. The molecule has 0 unspecified atom stereocenters. The van der Waals surface area contributed by atoms with E-state index in [9.17, 15) is 0 Å². The predicted octanol–water partition coefficient (Wildman–Crippen LogP) is 3.21. The molecule has 2 nitrogen and oxygen atoms in total. The summed E-state index contributed by atoms with van der Waals surface area (Å²) in [5.74, 6) is 0.901. The fraction of sp³-hybridized carbons (Fsp3) is 0.294. The Labute approximate surface area is 114 Å². The third-order valence-corrected chi connectivity index (χ3v) is 3.73. The fourth-order valence-corrected chi connectivity index (χ4v) is 2.60. The van der Waals surface area contributed by atoms with Gasteiger partial charge in [0.2, 0.25) is 0 Å². The monoisotopic (exact) mass is 253 g/mol. The smallest absolute Gasteiger partial charge is 0.119 e. The van der Waals surface area contributed by atoms with Gasteiger partial charge in [0.1, 0.15) is 12.4 Å². The molecule has 2 heteroatoms. The number of nitrogens with two attached hydrogens (primary N) is 1. The molecular weight excluding hydrogens is 234 g/mol. The summed E-state index contributed by atoms with van der Waals surface area (Å²) in [4.78, 5) is 0. The van der Waals surface area contributed by atoms with Crippen LogP contribution < -0.4 is 10.5 Å². The van der Waals surface area contributed by atoms with Crippen molar-refractivity contribution in [2.24, 2.45) is 5.73 Å². The van der Waals surface area contributed by atoms with Gasteiger partial charge < -0.3 is 10.5 Å². The highest BCUT2D eigenvalue weighted by molar-refractivity contribution is 5.35.